The van der Waals surface area contributed by atoms with Crippen molar-refractivity contribution in [3.05, 3.63) is 99.5 Å². The molecule has 1 aromatic carbocycles. The lowest BCUT2D eigenvalue weighted by atomic mass is 10.1. The van der Waals surface area contributed by atoms with Gasteiger partial charge in [0.25, 0.3) is 11.8 Å². The van der Waals surface area contributed by atoms with Crippen LogP contribution in [0.15, 0.2) is 72.4 Å². The summed E-state index contributed by atoms with van der Waals surface area (Å²) >= 11 is 1.72. The maximum absolute atomic E-state index is 13.5. The van der Waals surface area contributed by atoms with E-state index in [9.17, 15) is 9.59 Å². The van der Waals surface area contributed by atoms with Crippen LogP contribution in [-0.4, -0.2) is 35.9 Å². The van der Waals surface area contributed by atoms with E-state index >= 15 is 0 Å². The maximum Gasteiger partial charge on any atom is 0.260 e. The molecule has 1 N–H and O–H groups in total. The van der Waals surface area contributed by atoms with Crippen molar-refractivity contribution in [2.24, 2.45) is 0 Å². The molecular formula is C26H23N5O2S. The summed E-state index contributed by atoms with van der Waals surface area (Å²) in [5.41, 5.74) is 4.12. The largest absolute Gasteiger partial charge is 0.362 e. The number of carbonyl (C=O) groups is 2. The van der Waals surface area contributed by atoms with Crippen molar-refractivity contribution in [2.45, 2.75) is 13.0 Å². The summed E-state index contributed by atoms with van der Waals surface area (Å²) in [5.74, 6) is 0.500. The first kappa shape index (κ1) is 21.8. The van der Waals surface area contributed by atoms with Crippen LogP contribution in [0.2, 0.25) is 0 Å². The topological polar surface area (TPSA) is 78.4 Å². The number of hydrogen-bond acceptors (Lipinski definition) is 6. The molecule has 4 aromatic rings. The van der Waals surface area contributed by atoms with E-state index in [1.165, 1.54) is 16.6 Å². The fraction of sp³-hybridized carbons (Fsp3) is 0.154. The van der Waals surface area contributed by atoms with E-state index < -0.39 is 0 Å². The lowest BCUT2D eigenvalue weighted by molar-refractivity contribution is 0.0984. The number of nitrogens with one attached hydrogen (secondary N) is 1. The first-order valence-electron chi connectivity index (χ1n) is 10.9. The smallest absolute Gasteiger partial charge is 0.260 e. The molecule has 4 heterocycles. The molecule has 0 saturated carbocycles. The van der Waals surface area contributed by atoms with Crippen LogP contribution in [0.3, 0.4) is 0 Å². The van der Waals surface area contributed by atoms with E-state index in [1.807, 2.05) is 37.2 Å². The van der Waals surface area contributed by atoms with Crippen LogP contribution in [-0.2, 0) is 13.0 Å². The number of thiophene rings is 1. The second kappa shape index (κ2) is 9.07. The first-order chi connectivity index (χ1) is 16.5. The molecule has 2 amide bonds. The van der Waals surface area contributed by atoms with Crippen LogP contribution in [0.4, 0.5) is 17.3 Å². The molecule has 0 saturated heterocycles. The zero-order valence-corrected chi connectivity index (χ0v) is 19.7. The summed E-state index contributed by atoms with van der Waals surface area (Å²) in [7, 11) is 3.66. The number of fused-ring (bicyclic) bond motifs is 2. The number of rotatable bonds is 4. The van der Waals surface area contributed by atoms with Crippen LogP contribution < -0.4 is 15.1 Å². The number of pyridine rings is 2. The van der Waals surface area contributed by atoms with E-state index in [0.29, 0.717) is 29.3 Å². The molecule has 0 spiro atoms. The van der Waals surface area contributed by atoms with Crippen LogP contribution in [0.5, 0.6) is 0 Å². The van der Waals surface area contributed by atoms with Gasteiger partial charge in [0.15, 0.2) is 0 Å². The number of benzene rings is 1. The highest BCUT2D eigenvalue weighted by atomic mass is 32.1. The summed E-state index contributed by atoms with van der Waals surface area (Å²) in [5, 5.41) is 4.87. The van der Waals surface area contributed by atoms with Gasteiger partial charge in [0.1, 0.15) is 11.6 Å². The van der Waals surface area contributed by atoms with Crippen LogP contribution in [0.25, 0.3) is 0 Å². The van der Waals surface area contributed by atoms with Gasteiger partial charge in [0, 0.05) is 43.5 Å². The Morgan fingerprint density at radius 3 is 2.65 bits per heavy atom. The summed E-state index contributed by atoms with van der Waals surface area (Å²) in [6.07, 6.45) is 3.97. The first-order valence-corrected chi connectivity index (χ1v) is 11.7. The lowest BCUT2D eigenvalue weighted by Crippen LogP contribution is -2.30. The molecule has 0 fully saturated rings. The van der Waals surface area contributed by atoms with Gasteiger partial charge in [-0.25, -0.2) is 9.97 Å². The fourth-order valence-electron chi connectivity index (χ4n) is 4.06. The molecule has 5 rings (SSSR count). The van der Waals surface area contributed by atoms with Crippen molar-refractivity contribution in [1.82, 2.24) is 9.97 Å². The average molecular weight is 470 g/mol. The molecule has 0 bridgehead atoms. The third-order valence-electron chi connectivity index (χ3n) is 5.75. The summed E-state index contributed by atoms with van der Waals surface area (Å²) in [4.78, 5) is 39.8. The minimum absolute atomic E-state index is 0.126. The van der Waals surface area contributed by atoms with Gasteiger partial charge < -0.3 is 15.1 Å². The highest BCUT2D eigenvalue weighted by Gasteiger charge is 2.25. The number of nitrogens with zero attached hydrogens (tertiary/aromatic N) is 4. The van der Waals surface area contributed by atoms with Gasteiger partial charge in [-0.05, 0) is 52.9 Å². The molecule has 0 aliphatic carbocycles. The summed E-state index contributed by atoms with van der Waals surface area (Å²) in [6, 6.07) is 16.9. The highest BCUT2D eigenvalue weighted by molar-refractivity contribution is 7.10. The molecule has 0 radical (unpaired) electrons. The predicted molar refractivity (Wildman–Crippen MR) is 135 cm³/mol. The Bertz CT molecular complexity index is 1360. The van der Waals surface area contributed by atoms with Crippen molar-refractivity contribution < 1.29 is 9.59 Å². The third-order valence-corrected chi connectivity index (χ3v) is 6.71. The van der Waals surface area contributed by atoms with Gasteiger partial charge >= 0.3 is 0 Å². The standard InChI is InChI=1S/C26H23N5O2S/c1-30(2)24-20(7-5-12-27-24)25(32)29-23-10-9-18(15-28-23)26(33)31-16-19-11-13-34-22(19)14-17-6-3-4-8-21(17)31/h3-13,15H,14,16H2,1-2H3,(H,28,29,32). The Hall–Kier alpha value is -4.04. The predicted octanol–water partition coefficient (Wildman–Crippen LogP) is 4.61. The van der Waals surface area contributed by atoms with Gasteiger partial charge in [-0.2, -0.15) is 0 Å². The number of hydrogen-bond donors (Lipinski definition) is 1. The second-order valence-corrected chi connectivity index (χ2v) is 9.22. The van der Waals surface area contributed by atoms with Crippen LogP contribution in [0, 0.1) is 0 Å². The molecule has 1 aliphatic rings. The fourth-order valence-corrected chi connectivity index (χ4v) is 4.98. The number of carbonyl (C=O) groups excluding carboxylic acids is 2. The lowest BCUT2D eigenvalue weighted by Gasteiger charge is -2.23. The zero-order chi connectivity index (χ0) is 23.7. The van der Waals surface area contributed by atoms with E-state index in [4.69, 9.17) is 0 Å². The number of para-hydroxylation sites is 1. The quantitative estimate of drug-likeness (QED) is 0.472. The van der Waals surface area contributed by atoms with Crippen molar-refractivity contribution in [1.29, 1.82) is 0 Å². The van der Waals surface area contributed by atoms with Gasteiger partial charge in [-0.15, -0.1) is 11.3 Å². The zero-order valence-electron chi connectivity index (χ0n) is 18.9. The normalized spacial score (nSPS) is 12.4. The molecule has 8 heteroatoms. The Morgan fingerprint density at radius 1 is 1.00 bits per heavy atom. The van der Waals surface area contributed by atoms with Gasteiger partial charge in [-0.3, -0.25) is 9.59 Å². The molecule has 3 aromatic heterocycles. The Morgan fingerprint density at radius 2 is 1.85 bits per heavy atom. The van der Waals surface area contributed by atoms with Crippen LogP contribution in [0.1, 0.15) is 36.7 Å². The minimum atomic E-state index is -0.310. The van der Waals surface area contributed by atoms with E-state index in [0.717, 1.165) is 17.7 Å². The van der Waals surface area contributed by atoms with Crippen molar-refractivity contribution in [3.63, 3.8) is 0 Å². The molecule has 7 nitrogen and oxygen atoms in total. The second-order valence-electron chi connectivity index (χ2n) is 8.22. The van der Waals surface area contributed by atoms with Gasteiger partial charge in [-0.1, -0.05) is 18.2 Å². The maximum atomic E-state index is 13.5. The van der Waals surface area contributed by atoms with Crippen molar-refractivity contribution in [2.75, 3.05) is 29.2 Å². The summed E-state index contributed by atoms with van der Waals surface area (Å²) in [6.45, 7) is 0.515. The summed E-state index contributed by atoms with van der Waals surface area (Å²) < 4.78 is 0. The van der Waals surface area contributed by atoms with E-state index in [-0.39, 0.29) is 11.8 Å². The Labute approximate surface area is 201 Å². The average Bonchev–Trinajstić information content (AvgIpc) is 3.23. The number of anilines is 3. The molecule has 34 heavy (non-hydrogen) atoms. The van der Waals surface area contributed by atoms with E-state index in [2.05, 4.69) is 32.8 Å². The van der Waals surface area contributed by atoms with Crippen LogP contribution >= 0.6 is 11.3 Å². The highest BCUT2D eigenvalue weighted by Crippen LogP contribution is 2.34. The Balaban J connectivity index is 1.38. The Kier molecular flexibility index (Phi) is 5.81. The van der Waals surface area contributed by atoms with Gasteiger partial charge in [0.2, 0.25) is 0 Å². The minimum Gasteiger partial charge on any atom is -0.362 e. The van der Waals surface area contributed by atoms with Crippen molar-refractivity contribution in [3.8, 4) is 0 Å². The number of amides is 2. The monoisotopic (exact) mass is 469 g/mol. The van der Waals surface area contributed by atoms with Crippen molar-refractivity contribution >= 4 is 40.5 Å². The molecule has 170 valence electrons. The molecule has 0 atom stereocenters. The molecule has 1 aliphatic heterocycles. The number of aromatic nitrogens is 2. The van der Waals surface area contributed by atoms with E-state index in [1.54, 1.807) is 46.7 Å². The third kappa shape index (κ3) is 4.15. The molecular weight excluding hydrogens is 446 g/mol. The molecule has 0 unspecified atom stereocenters. The van der Waals surface area contributed by atoms with Gasteiger partial charge in [0.05, 0.1) is 17.7 Å². The SMILES string of the molecule is CN(C)c1ncccc1C(=O)Nc1ccc(C(=O)N2Cc3ccsc3Cc3ccccc32)cn1.